The molecule has 4 rings (SSSR count). The molecule has 0 saturated carbocycles. The van der Waals surface area contributed by atoms with Crippen LogP contribution in [0.4, 0.5) is 13.2 Å². The summed E-state index contributed by atoms with van der Waals surface area (Å²) in [7, 11) is 0. The summed E-state index contributed by atoms with van der Waals surface area (Å²) in [5.74, 6) is -1.32. The van der Waals surface area contributed by atoms with Crippen molar-refractivity contribution in [1.29, 1.82) is 0 Å². The lowest BCUT2D eigenvalue weighted by molar-refractivity contribution is -0.148. The number of hydrogen-bond donors (Lipinski definition) is 0. The average Bonchev–Trinajstić information content (AvgIpc) is 3.18. The van der Waals surface area contributed by atoms with Gasteiger partial charge >= 0.3 is 5.97 Å². The van der Waals surface area contributed by atoms with Crippen LogP contribution in [0, 0.1) is 5.82 Å². The first kappa shape index (κ1) is 24.6. The SMILES string of the molecule is CCOC(=O)C(C)(C)c1c(Cl)nc(-c2nn(Cc3ccccc3F)c3ncccc23)nc1C(F)F. The number of ether oxygens (including phenoxy) is 1. The summed E-state index contributed by atoms with van der Waals surface area (Å²) in [5.41, 5.74) is -1.53. The molecule has 0 aliphatic rings. The largest absolute Gasteiger partial charge is 0.465 e. The van der Waals surface area contributed by atoms with Gasteiger partial charge in [0.25, 0.3) is 6.43 Å². The molecular weight excluding hydrogens is 483 g/mol. The lowest BCUT2D eigenvalue weighted by atomic mass is 9.84. The van der Waals surface area contributed by atoms with Crippen LogP contribution >= 0.6 is 11.6 Å². The maximum Gasteiger partial charge on any atom is 0.316 e. The lowest BCUT2D eigenvalue weighted by Gasteiger charge is -2.25. The number of pyridine rings is 1. The van der Waals surface area contributed by atoms with Crippen molar-refractivity contribution in [3.8, 4) is 11.5 Å². The van der Waals surface area contributed by atoms with Gasteiger partial charge in [-0.2, -0.15) is 5.10 Å². The molecular formula is C24H21ClF3N5O2. The molecule has 4 aromatic rings. The molecule has 0 N–H and O–H groups in total. The van der Waals surface area contributed by atoms with E-state index in [1.54, 1.807) is 37.3 Å². The van der Waals surface area contributed by atoms with Crippen molar-refractivity contribution in [2.75, 3.05) is 6.61 Å². The summed E-state index contributed by atoms with van der Waals surface area (Å²) in [5, 5.41) is 4.62. The summed E-state index contributed by atoms with van der Waals surface area (Å²) in [4.78, 5) is 25.1. The van der Waals surface area contributed by atoms with Gasteiger partial charge in [0.1, 0.15) is 22.4 Å². The number of benzene rings is 1. The van der Waals surface area contributed by atoms with Crippen molar-refractivity contribution in [3.05, 3.63) is 70.4 Å². The highest BCUT2D eigenvalue weighted by Gasteiger charge is 2.39. The van der Waals surface area contributed by atoms with Gasteiger partial charge in [-0.3, -0.25) is 4.79 Å². The Morgan fingerprint density at radius 2 is 1.91 bits per heavy atom. The Bertz CT molecular complexity index is 1410. The fraction of sp³-hybridized carbons (Fsp3) is 0.292. The van der Waals surface area contributed by atoms with Gasteiger partial charge in [0.15, 0.2) is 11.5 Å². The molecule has 0 unspecified atom stereocenters. The van der Waals surface area contributed by atoms with Crippen molar-refractivity contribution < 1.29 is 22.7 Å². The highest BCUT2D eigenvalue weighted by Crippen LogP contribution is 2.38. The standard InChI is InChI=1S/C24H21ClF3N5O2/c1-4-35-23(34)24(2,3)16-18(20(27)28)30-21(31-19(16)25)17-14-9-7-11-29-22(14)33(32-17)12-13-8-5-6-10-15(13)26/h5-11,20H,4,12H2,1-3H3. The number of halogens is 4. The second kappa shape index (κ2) is 9.61. The first-order valence-corrected chi connectivity index (χ1v) is 11.1. The van der Waals surface area contributed by atoms with Crippen molar-refractivity contribution >= 4 is 28.6 Å². The molecule has 35 heavy (non-hydrogen) atoms. The zero-order valence-electron chi connectivity index (χ0n) is 19.1. The highest BCUT2D eigenvalue weighted by atomic mass is 35.5. The second-order valence-corrected chi connectivity index (χ2v) is 8.57. The van der Waals surface area contributed by atoms with Crippen molar-refractivity contribution in [3.63, 3.8) is 0 Å². The van der Waals surface area contributed by atoms with Gasteiger partial charge in [-0.1, -0.05) is 29.8 Å². The molecule has 11 heteroatoms. The van der Waals surface area contributed by atoms with Gasteiger partial charge in [-0.05, 0) is 39.0 Å². The molecule has 0 amide bonds. The summed E-state index contributed by atoms with van der Waals surface area (Å²) in [6.07, 6.45) is -1.52. The van der Waals surface area contributed by atoms with E-state index in [-0.39, 0.29) is 35.4 Å². The molecule has 3 aromatic heterocycles. The Morgan fingerprint density at radius 1 is 1.17 bits per heavy atom. The first-order chi connectivity index (χ1) is 16.6. The fourth-order valence-corrected chi connectivity index (χ4v) is 4.19. The number of alkyl halides is 2. The minimum atomic E-state index is -3.05. The average molecular weight is 504 g/mol. The zero-order chi connectivity index (χ0) is 25.3. The number of nitrogens with zero attached hydrogens (tertiary/aromatic N) is 5. The molecule has 7 nitrogen and oxygen atoms in total. The maximum absolute atomic E-state index is 14.3. The Labute approximate surface area is 203 Å². The van der Waals surface area contributed by atoms with Gasteiger partial charge in [-0.25, -0.2) is 32.8 Å². The normalized spacial score (nSPS) is 11.9. The van der Waals surface area contributed by atoms with Crippen LogP contribution < -0.4 is 0 Å². The van der Waals surface area contributed by atoms with E-state index in [0.29, 0.717) is 16.6 Å². The fourth-order valence-electron chi connectivity index (χ4n) is 3.78. The molecule has 0 fully saturated rings. The summed E-state index contributed by atoms with van der Waals surface area (Å²) in [6.45, 7) is 4.57. The summed E-state index contributed by atoms with van der Waals surface area (Å²) < 4.78 is 49.0. The predicted octanol–water partition coefficient (Wildman–Crippen LogP) is 5.51. The van der Waals surface area contributed by atoms with E-state index in [0.717, 1.165) is 0 Å². The zero-order valence-corrected chi connectivity index (χ0v) is 19.9. The van der Waals surface area contributed by atoms with Crippen LogP contribution in [-0.4, -0.2) is 37.3 Å². The maximum atomic E-state index is 14.3. The smallest absolute Gasteiger partial charge is 0.316 e. The van der Waals surface area contributed by atoms with E-state index in [1.807, 2.05) is 0 Å². The third-order valence-electron chi connectivity index (χ3n) is 5.51. The van der Waals surface area contributed by atoms with Crippen molar-refractivity contribution in [2.24, 2.45) is 0 Å². The Balaban J connectivity index is 1.88. The lowest BCUT2D eigenvalue weighted by Crippen LogP contribution is -2.33. The number of rotatable bonds is 7. The number of carbonyl (C=O) groups is 1. The van der Waals surface area contributed by atoms with Crippen molar-refractivity contribution in [2.45, 2.75) is 39.2 Å². The van der Waals surface area contributed by atoms with Crippen LogP contribution in [0.1, 0.15) is 44.0 Å². The molecule has 0 saturated heterocycles. The van der Waals surface area contributed by atoms with Crippen LogP contribution in [0.25, 0.3) is 22.6 Å². The molecule has 1 aromatic carbocycles. The number of esters is 1. The Morgan fingerprint density at radius 3 is 2.60 bits per heavy atom. The topological polar surface area (TPSA) is 82.8 Å². The number of aromatic nitrogens is 5. The predicted molar refractivity (Wildman–Crippen MR) is 124 cm³/mol. The van der Waals surface area contributed by atoms with E-state index in [1.165, 1.54) is 30.8 Å². The molecule has 0 aliphatic heterocycles. The minimum absolute atomic E-state index is 0.0452. The molecule has 0 aliphatic carbocycles. The molecule has 0 spiro atoms. The van der Waals surface area contributed by atoms with Gasteiger partial charge < -0.3 is 4.74 Å². The third kappa shape index (κ3) is 4.58. The number of carbonyl (C=O) groups excluding carboxylic acids is 1. The van der Waals surface area contributed by atoms with Crippen molar-refractivity contribution in [1.82, 2.24) is 24.7 Å². The van der Waals surface area contributed by atoms with Gasteiger partial charge in [0, 0.05) is 17.3 Å². The molecule has 0 atom stereocenters. The Kier molecular flexibility index (Phi) is 6.75. The van der Waals surface area contributed by atoms with E-state index >= 15 is 0 Å². The first-order valence-electron chi connectivity index (χ1n) is 10.7. The van der Waals surface area contributed by atoms with Gasteiger partial charge in [0.05, 0.1) is 24.0 Å². The van der Waals surface area contributed by atoms with Crippen LogP contribution in [0.5, 0.6) is 0 Å². The van der Waals surface area contributed by atoms with Crippen LogP contribution in [-0.2, 0) is 21.5 Å². The highest BCUT2D eigenvalue weighted by molar-refractivity contribution is 6.30. The van der Waals surface area contributed by atoms with E-state index in [2.05, 4.69) is 20.1 Å². The van der Waals surface area contributed by atoms with Gasteiger partial charge in [-0.15, -0.1) is 0 Å². The minimum Gasteiger partial charge on any atom is -0.465 e. The number of hydrogen-bond acceptors (Lipinski definition) is 6. The second-order valence-electron chi connectivity index (χ2n) is 8.22. The van der Waals surface area contributed by atoms with Crippen LogP contribution in [0.3, 0.4) is 0 Å². The third-order valence-corrected chi connectivity index (χ3v) is 5.78. The molecule has 0 radical (unpaired) electrons. The quantitative estimate of drug-likeness (QED) is 0.244. The monoisotopic (exact) mass is 503 g/mol. The number of fused-ring (bicyclic) bond motifs is 1. The van der Waals surface area contributed by atoms with Crippen LogP contribution in [0.2, 0.25) is 5.15 Å². The molecule has 0 bridgehead atoms. The van der Waals surface area contributed by atoms with Gasteiger partial charge in [0.2, 0.25) is 0 Å². The van der Waals surface area contributed by atoms with E-state index in [4.69, 9.17) is 16.3 Å². The summed E-state index contributed by atoms with van der Waals surface area (Å²) in [6, 6.07) is 9.54. The van der Waals surface area contributed by atoms with Crippen LogP contribution in [0.15, 0.2) is 42.6 Å². The summed E-state index contributed by atoms with van der Waals surface area (Å²) >= 11 is 6.37. The molecule has 3 heterocycles. The van der Waals surface area contributed by atoms with E-state index < -0.39 is 29.3 Å². The van der Waals surface area contributed by atoms with E-state index in [9.17, 15) is 18.0 Å². The molecule has 182 valence electrons. The Hall–Kier alpha value is -3.53.